The highest BCUT2D eigenvalue weighted by atomic mass is 16.5. The van der Waals surface area contributed by atoms with E-state index in [-0.39, 0.29) is 0 Å². The van der Waals surface area contributed by atoms with Crippen LogP contribution in [0.4, 0.5) is 0 Å². The van der Waals surface area contributed by atoms with Crippen molar-refractivity contribution in [1.29, 1.82) is 0 Å². The zero-order valence-corrected chi connectivity index (χ0v) is 18.8. The van der Waals surface area contributed by atoms with E-state index < -0.39 is 0 Å². The zero-order valence-electron chi connectivity index (χ0n) is 18.8. The van der Waals surface area contributed by atoms with Crippen LogP contribution in [-0.2, 0) is 11.3 Å². The van der Waals surface area contributed by atoms with Gasteiger partial charge < -0.3 is 24.4 Å². The number of benzene rings is 1. The lowest BCUT2D eigenvalue weighted by Gasteiger charge is -2.26. The van der Waals surface area contributed by atoms with Crippen molar-refractivity contribution < 1.29 is 14.2 Å². The molecule has 0 spiro atoms. The first-order valence-corrected chi connectivity index (χ1v) is 11.0. The number of ether oxygens (including phenoxy) is 3. The highest BCUT2D eigenvalue weighted by Gasteiger charge is 2.15. The summed E-state index contributed by atoms with van der Waals surface area (Å²) in [6.07, 6.45) is 5.31. The van der Waals surface area contributed by atoms with Gasteiger partial charge in [-0.15, -0.1) is 0 Å². The molecule has 3 rings (SSSR count). The molecule has 0 bridgehead atoms. The molecule has 7 heteroatoms. The number of pyridine rings is 1. The van der Waals surface area contributed by atoms with Crippen molar-refractivity contribution in [1.82, 2.24) is 15.2 Å². The molecule has 7 nitrogen and oxygen atoms in total. The Hall–Kier alpha value is -2.80. The Balaban J connectivity index is 1.54. The van der Waals surface area contributed by atoms with E-state index in [1.807, 2.05) is 42.6 Å². The van der Waals surface area contributed by atoms with Gasteiger partial charge in [0.2, 0.25) is 5.88 Å². The van der Waals surface area contributed by atoms with Gasteiger partial charge in [-0.2, -0.15) is 0 Å². The second-order valence-electron chi connectivity index (χ2n) is 7.72. The number of nitrogens with one attached hydrogen (secondary N) is 1. The van der Waals surface area contributed by atoms with Gasteiger partial charge in [0.1, 0.15) is 11.5 Å². The van der Waals surface area contributed by atoms with E-state index in [0.29, 0.717) is 18.2 Å². The van der Waals surface area contributed by atoms with Gasteiger partial charge in [0.05, 0.1) is 13.7 Å². The number of aromatic nitrogens is 1. The topological polar surface area (TPSA) is 68.2 Å². The molecule has 0 saturated carbocycles. The molecule has 0 unspecified atom stereocenters. The average Bonchev–Trinajstić information content (AvgIpc) is 2.82. The Morgan fingerprint density at radius 1 is 1.23 bits per heavy atom. The van der Waals surface area contributed by atoms with Crippen LogP contribution in [0.5, 0.6) is 17.4 Å². The van der Waals surface area contributed by atoms with E-state index in [4.69, 9.17) is 19.2 Å². The summed E-state index contributed by atoms with van der Waals surface area (Å²) in [5.74, 6) is 3.66. The van der Waals surface area contributed by atoms with Crippen molar-refractivity contribution in [2.24, 2.45) is 10.9 Å². The van der Waals surface area contributed by atoms with Crippen LogP contribution in [0, 0.1) is 5.92 Å². The SMILES string of the molecule is CCNC(=NCc1ccc(Oc2cccc(OC)c2)nc1)N(C)CCC1CCOCC1. The molecule has 1 aliphatic rings. The summed E-state index contributed by atoms with van der Waals surface area (Å²) < 4.78 is 16.5. The van der Waals surface area contributed by atoms with Crippen LogP contribution < -0.4 is 14.8 Å². The van der Waals surface area contributed by atoms with E-state index in [0.717, 1.165) is 62.3 Å². The Morgan fingerprint density at radius 2 is 2.03 bits per heavy atom. The maximum Gasteiger partial charge on any atom is 0.219 e. The molecule has 1 fully saturated rings. The first kappa shape index (κ1) is 22.9. The smallest absolute Gasteiger partial charge is 0.219 e. The molecule has 1 aromatic carbocycles. The Labute approximate surface area is 185 Å². The van der Waals surface area contributed by atoms with E-state index >= 15 is 0 Å². The number of guanidine groups is 1. The fourth-order valence-electron chi connectivity index (χ4n) is 3.50. The minimum absolute atomic E-state index is 0.543. The van der Waals surface area contributed by atoms with Gasteiger partial charge in [-0.3, -0.25) is 0 Å². The average molecular weight is 427 g/mol. The quantitative estimate of drug-likeness (QED) is 0.481. The van der Waals surface area contributed by atoms with Gasteiger partial charge in [-0.25, -0.2) is 9.98 Å². The Bertz CT molecular complexity index is 820. The molecule has 1 aliphatic heterocycles. The van der Waals surface area contributed by atoms with Crippen LogP contribution in [0.15, 0.2) is 47.6 Å². The summed E-state index contributed by atoms with van der Waals surface area (Å²) in [4.78, 5) is 11.4. The van der Waals surface area contributed by atoms with Crippen molar-refractivity contribution in [3.63, 3.8) is 0 Å². The maximum absolute atomic E-state index is 5.81. The molecule has 1 N–H and O–H groups in total. The molecule has 0 aliphatic carbocycles. The minimum Gasteiger partial charge on any atom is -0.497 e. The lowest BCUT2D eigenvalue weighted by atomic mass is 9.96. The van der Waals surface area contributed by atoms with Crippen molar-refractivity contribution in [2.45, 2.75) is 32.7 Å². The number of hydrogen-bond donors (Lipinski definition) is 1. The highest BCUT2D eigenvalue weighted by molar-refractivity contribution is 5.79. The predicted octanol–water partition coefficient (Wildman–Crippen LogP) is 4.10. The van der Waals surface area contributed by atoms with Gasteiger partial charge in [-0.05, 0) is 49.8 Å². The van der Waals surface area contributed by atoms with Crippen LogP contribution in [-0.4, -0.2) is 56.3 Å². The lowest BCUT2D eigenvalue weighted by molar-refractivity contribution is 0.0625. The molecule has 2 aromatic rings. The van der Waals surface area contributed by atoms with Crippen LogP contribution in [0.2, 0.25) is 0 Å². The number of rotatable bonds is 9. The normalized spacial score (nSPS) is 14.9. The molecule has 31 heavy (non-hydrogen) atoms. The summed E-state index contributed by atoms with van der Waals surface area (Å²) in [5.41, 5.74) is 1.03. The third kappa shape index (κ3) is 7.43. The number of methoxy groups -OCH3 is 1. The highest BCUT2D eigenvalue weighted by Crippen LogP contribution is 2.24. The van der Waals surface area contributed by atoms with Gasteiger partial charge in [0, 0.05) is 51.7 Å². The first-order valence-electron chi connectivity index (χ1n) is 11.0. The summed E-state index contributed by atoms with van der Waals surface area (Å²) in [6, 6.07) is 11.3. The lowest BCUT2D eigenvalue weighted by Crippen LogP contribution is -2.40. The predicted molar refractivity (Wildman–Crippen MR) is 123 cm³/mol. The number of aliphatic imine (C=N–C) groups is 1. The second kappa shape index (κ2) is 12.2. The summed E-state index contributed by atoms with van der Waals surface area (Å²) in [7, 11) is 3.74. The second-order valence-corrected chi connectivity index (χ2v) is 7.72. The fraction of sp³-hybridized carbons (Fsp3) is 0.500. The third-order valence-corrected chi connectivity index (χ3v) is 5.38. The van der Waals surface area contributed by atoms with Crippen LogP contribution in [0.1, 0.15) is 31.7 Å². The van der Waals surface area contributed by atoms with Gasteiger partial charge in [0.15, 0.2) is 5.96 Å². The summed E-state index contributed by atoms with van der Waals surface area (Å²) in [6.45, 7) is 6.28. The monoisotopic (exact) mass is 426 g/mol. The summed E-state index contributed by atoms with van der Waals surface area (Å²) in [5, 5.41) is 3.39. The van der Waals surface area contributed by atoms with E-state index in [2.05, 4.69) is 29.2 Å². The largest absolute Gasteiger partial charge is 0.497 e. The third-order valence-electron chi connectivity index (χ3n) is 5.38. The van der Waals surface area contributed by atoms with Crippen molar-refractivity contribution >= 4 is 5.96 Å². The Morgan fingerprint density at radius 3 is 2.74 bits per heavy atom. The standard InChI is InChI=1S/C24H34N4O3/c1-4-25-24(28(2)13-10-19-11-14-30-15-12-19)27-18-20-8-9-23(26-17-20)31-22-7-5-6-21(16-22)29-3/h5-9,16-17,19H,4,10-15,18H2,1-3H3,(H,25,27). The van der Waals surface area contributed by atoms with Crippen LogP contribution >= 0.6 is 0 Å². The zero-order chi connectivity index (χ0) is 21.9. The van der Waals surface area contributed by atoms with E-state index in [1.165, 1.54) is 6.42 Å². The van der Waals surface area contributed by atoms with Crippen LogP contribution in [0.3, 0.4) is 0 Å². The molecule has 1 saturated heterocycles. The van der Waals surface area contributed by atoms with Crippen molar-refractivity contribution in [3.05, 3.63) is 48.2 Å². The van der Waals surface area contributed by atoms with E-state index in [1.54, 1.807) is 7.11 Å². The van der Waals surface area contributed by atoms with Gasteiger partial charge in [-0.1, -0.05) is 12.1 Å². The van der Waals surface area contributed by atoms with E-state index in [9.17, 15) is 0 Å². The van der Waals surface area contributed by atoms with Crippen LogP contribution in [0.25, 0.3) is 0 Å². The molecule has 1 aromatic heterocycles. The fourth-order valence-corrected chi connectivity index (χ4v) is 3.50. The first-order chi connectivity index (χ1) is 15.2. The molecule has 0 amide bonds. The Kier molecular flexibility index (Phi) is 8.97. The molecular weight excluding hydrogens is 392 g/mol. The molecule has 168 valence electrons. The summed E-state index contributed by atoms with van der Waals surface area (Å²) >= 11 is 0. The van der Waals surface area contributed by atoms with Gasteiger partial charge in [0.25, 0.3) is 0 Å². The van der Waals surface area contributed by atoms with Gasteiger partial charge >= 0.3 is 0 Å². The number of hydrogen-bond acceptors (Lipinski definition) is 5. The minimum atomic E-state index is 0.543. The molecule has 0 atom stereocenters. The maximum atomic E-state index is 5.81. The van der Waals surface area contributed by atoms with Crippen molar-refractivity contribution in [3.8, 4) is 17.4 Å². The molecule has 2 heterocycles. The molecular formula is C24H34N4O3. The molecule has 0 radical (unpaired) electrons. The number of nitrogens with zero attached hydrogens (tertiary/aromatic N) is 3. The van der Waals surface area contributed by atoms with Crippen molar-refractivity contribution in [2.75, 3.05) is 40.5 Å².